The highest BCUT2D eigenvalue weighted by molar-refractivity contribution is 6.31. The second-order valence-electron chi connectivity index (χ2n) is 5.02. The fourth-order valence-corrected chi connectivity index (χ4v) is 2.93. The first-order valence-corrected chi connectivity index (χ1v) is 7.33. The van der Waals surface area contributed by atoms with Crippen molar-refractivity contribution in [2.24, 2.45) is 0 Å². The van der Waals surface area contributed by atoms with Crippen LogP contribution in [0.2, 0.25) is 5.02 Å². The Kier molecular flexibility index (Phi) is 3.66. The summed E-state index contributed by atoms with van der Waals surface area (Å²) in [5.74, 6) is -0.558. The minimum Gasteiger partial charge on any atom is -0.461 e. The topological polar surface area (TPSA) is 51.5 Å². The number of hydrogen-bond donors (Lipinski definition) is 0. The van der Waals surface area contributed by atoms with Gasteiger partial charge in [-0.25, -0.2) is 4.79 Å². The van der Waals surface area contributed by atoms with E-state index in [9.17, 15) is 9.59 Å². The van der Waals surface area contributed by atoms with Crippen molar-refractivity contribution in [2.75, 3.05) is 18.6 Å². The van der Waals surface area contributed by atoms with Crippen LogP contribution in [0.5, 0.6) is 0 Å². The Morgan fingerprint density at radius 2 is 2.14 bits per heavy atom. The van der Waals surface area contributed by atoms with Crippen LogP contribution in [-0.2, 0) is 9.53 Å². The first kappa shape index (κ1) is 14.7. The summed E-state index contributed by atoms with van der Waals surface area (Å²) < 4.78 is 6.69. The molecule has 1 aromatic carbocycles. The molecule has 1 amide bonds. The lowest BCUT2D eigenvalue weighted by Gasteiger charge is -2.16. The predicted molar refractivity (Wildman–Crippen MR) is 83.4 cm³/mol. The number of rotatable bonds is 3. The summed E-state index contributed by atoms with van der Waals surface area (Å²) >= 11 is 6.07. The number of carbonyl (C=O) groups is 2. The van der Waals surface area contributed by atoms with Gasteiger partial charge in [-0.05, 0) is 37.3 Å². The third-order valence-corrected chi connectivity index (χ3v) is 3.99. The maximum absolute atomic E-state index is 12.6. The van der Waals surface area contributed by atoms with Crippen LogP contribution in [0.25, 0.3) is 0 Å². The van der Waals surface area contributed by atoms with E-state index in [2.05, 4.69) is 0 Å². The summed E-state index contributed by atoms with van der Waals surface area (Å²) in [4.78, 5) is 26.2. The van der Waals surface area contributed by atoms with Crippen molar-refractivity contribution in [1.82, 2.24) is 4.57 Å². The van der Waals surface area contributed by atoms with Gasteiger partial charge in [-0.2, -0.15) is 0 Å². The molecule has 2 aromatic rings. The minimum atomic E-state index is -0.604. The third-order valence-electron chi connectivity index (χ3n) is 3.75. The highest BCUT2D eigenvalue weighted by atomic mass is 35.5. The first-order chi connectivity index (χ1) is 10.5. The number of aromatic nitrogens is 1. The molecule has 5 nitrogen and oxygen atoms in total. The lowest BCUT2D eigenvalue weighted by molar-refractivity contribution is -0.119. The number of nitrogens with zero attached hydrogens (tertiary/aromatic N) is 2. The van der Waals surface area contributed by atoms with Crippen LogP contribution in [-0.4, -0.2) is 30.1 Å². The highest BCUT2D eigenvalue weighted by Crippen LogP contribution is 2.39. The van der Waals surface area contributed by atoms with E-state index in [-0.39, 0.29) is 12.5 Å². The molecular weight excluding hydrogens is 304 g/mol. The maximum atomic E-state index is 12.6. The number of ether oxygens (including phenoxy) is 1. The molecule has 0 bridgehead atoms. The number of carbonyl (C=O) groups excluding carboxylic acids is 2. The Hall–Kier alpha value is -2.27. The number of amides is 1. The molecule has 0 N–H and O–H groups in total. The summed E-state index contributed by atoms with van der Waals surface area (Å²) in [7, 11) is 1.71. The van der Waals surface area contributed by atoms with Gasteiger partial charge >= 0.3 is 5.97 Å². The highest BCUT2D eigenvalue weighted by Gasteiger charge is 2.38. The molecule has 114 valence electrons. The van der Waals surface area contributed by atoms with Crippen LogP contribution in [0.4, 0.5) is 5.69 Å². The molecule has 1 aromatic heterocycles. The van der Waals surface area contributed by atoms with E-state index >= 15 is 0 Å². The summed E-state index contributed by atoms with van der Waals surface area (Å²) in [6.45, 7) is 2.03. The van der Waals surface area contributed by atoms with Gasteiger partial charge in [0.05, 0.1) is 6.61 Å². The third kappa shape index (κ3) is 2.18. The van der Waals surface area contributed by atoms with Crippen LogP contribution >= 0.6 is 11.6 Å². The SMILES string of the molecule is CCOC(=O)c1cccn1C1C(=O)N(C)c2ccc(Cl)cc21. The van der Waals surface area contributed by atoms with E-state index in [0.717, 1.165) is 11.3 Å². The monoisotopic (exact) mass is 318 g/mol. The summed E-state index contributed by atoms with van der Waals surface area (Å²) in [5.41, 5.74) is 1.92. The van der Waals surface area contributed by atoms with Gasteiger partial charge in [0.15, 0.2) is 0 Å². The zero-order valence-electron chi connectivity index (χ0n) is 12.2. The summed E-state index contributed by atoms with van der Waals surface area (Å²) in [6.07, 6.45) is 1.71. The largest absolute Gasteiger partial charge is 0.461 e. The fraction of sp³-hybridized carbons (Fsp3) is 0.250. The maximum Gasteiger partial charge on any atom is 0.354 e. The second kappa shape index (κ2) is 5.50. The zero-order chi connectivity index (χ0) is 15.9. The van der Waals surface area contributed by atoms with E-state index < -0.39 is 12.0 Å². The number of benzene rings is 1. The molecule has 1 unspecified atom stereocenters. The standard InChI is InChI=1S/C16H15ClN2O3/c1-3-22-16(21)13-5-4-8-19(13)14-11-9-10(17)6-7-12(11)18(2)15(14)20/h4-9,14H,3H2,1-2H3. The number of esters is 1. The van der Waals surface area contributed by atoms with Crippen molar-refractivity contribution in [3.63, 3.8) is 0 Å². The number of hydrogen-bond acceptors (Lipinski definition) is 3. The van der Waals surface area contributed by atoms with Crippen LogP contribution < -0.4 is 4.90 Å². The molecule has 1 aliphatic heterocycles. The van der Waals surface area contributed by atoms with Gasteiger partial charge in [0.2, 0.25) is 0 Å². The molecule has 22 heavy (non-hydrogen) atoms. The van der Waals surface area contributed by atoms with Gasteiger partial charge in [-0.1, -0.05) is 11.6 Å². The van der Waals surface area contributed by atoms with Crippen LogP contribution in [0.3, 0.4) is 0 Å². The quantitative estimate of drug-likeness (QED) is 0.818. The van der Waals surface area contributed by atoms with Crippen LogP contribution in [0, 0.1) is 0 Å². The fourth-order valence-electron chi connectivity index (χ4n) is 2.75. The Balaban J connectivity index is 2.11. The van der Waals surface area contributed by atoms with Gasteiger partial charge in [0, 0.05) is 29.5 Å². The molecule has 0 saturated carbocycles. The average molecular weight is 319 g/mol. The number of anilines is 1. The van der Waals surface area contributed by atoms with Crippen molar-refractivity contribution < 1.29 is 14.3 Å². The molecule has 6 heteroatoms. The molecule has 0 aliphatic carbocycles. The molecule has 0 radical (unpaired) electrons. The smallest absolute Gasteiger partial charge is 0.354 e. The van der Waals surface area contributed by atoms with E-state index in [1.165, 1.54) is 0 Å². The van der Waals surface area contributed by atoms with Gasteiger partial charge in [0.1, 0.15) is 11.7 Å². The Morgan fingerprint density at radius 3 is 2.86 bits per heavy atom. The van der Waals surface area contributed by atoms with E-state index in [1.807, 2.05) is 6.07 Å². The molecule has 3 rings (SSSR count). The van der Waals surface area contributed by atoms with Crippen molar-refractivity contribution in [1.29, 1.82) is 0 Å². The van der Waals surface area contributed by atoms with E-state index in [0.29, 0.717) is 10.7 Å². The van der Waals surface area contributed by atoms with Gasteiger partial charge in [-0.15, -0.1) is 0 Å². The van der Waals surface area contributed by atoms with Crippen molar-refractivity contribution in [2.45, 2.75) is 13.0 Å². The molecule has 2 heterocycles. The zero-order valence-corrected chi connectivity index (χ0v) is 13.0. The summed E-state index contributed by atoms with van der Waals surface area (Å²) in [6, 6.07) is 8.08. The second-order valence-corrected chi connectivity index (χ2v) is 5.46. The van der Waals surface area contributed by atoms with E-state index in [4.69, 9.17) is 16.3 Å². The molecular formula is C16H15ClN2O3. The molecule has 0 spiro atoms. The van der Waals surface area contributed by atoms with Crippen molar-refractivity contribution in [3.05, 3.63) is 52.8 Å². The summed E-state index contributed by atoms with van der Waals surface area (Å²) in [5, 5.41) is 0.552. The van der Waals surface area contributed by atoms with Gasteiger partial charge < -0.3 is 14.2 Å². The van der Waals surface area contributed by atoms with E-state index in [1.54, 1.807) is 53.9 Å². The predicted octanol–water partition coefficient (Wildman–Crippen LogP) is 2.88. The van der Waals surface area contributed by atoms with Crippen LogP contribution in [0.15, 0.2) is 36.5 Å². The molecule has 1 aliphatic rings. The minimum absolute atomic E-state index is 0.112. The molecule has 0 saturated heterocycles. The lowest BCUT2D eigenvalue weighted by atomic mass is 10.1. The van der Waals surface area contributed by atoms with Crippen molar-refractivity contribution in [3.8, 4) is 0 Å². The van der Waals surface area contributed by atoms with Crippen molar-refractivity contribution >= 4 is 29.2 Å². The lowest BCUT2D eigenvalue weighted by Crippen LogP contribution is -2.29. The number of likely N-dealkylation sites (N-methyl/N-ethyl adjacent to an activating group) is 1. The first-order valence-electron chi connectivity index (χ1n) is 6.95. The average Bonchev–Trinajstić information content (AvgIpc) is 3.04. The van der Waals surface area contributed by atoms with Crippen LogP contribution in [0.1, 0.15) is 29.0 Å². The Morgan fingerprint density at radius 1 is 1.36 bits per heavy atom. The number of fused-ring (bicyclic) bond motifs is 1. The molecule has 0 fully saturated rings. The Bertz CT molecular complexity index is 754. The Labute approximate surface area is 133 Å². The van der Waals surface area contributed by atoms with Gasteiger partial charge in [-0.3, -0.25) is 4.79 Å². The normalized spacial score (nSPS) is 16.8. The molecule has 1 atom stereocenters. The van der Waals surface area contributed by atoms with Gasteiger partial charge in [0.25, 0.3) is 5.91 Å². The number of halogens is 1.